The summed E-state index contributed by atoms with van der Waals surface area (Å²) in [6.07, 6.45) is 1.70. The first kappa shape index (κ1) is 22.9. The van der Waals surface area contributed by atoms with Crippen LogP contribution >= 0.6 is 11.8 Å². The summed E-state index contributed by atoms with van der Waals surface area (Å²) in [4.78, 5) is 11.8. The smallest absolute Gasteiger partial charge is 0.250 e. The first-order chi connectivity index (χ1) is 15.2. The maximum Gasteiger partial charge on any atom is 0.250 e. The molecule has 0 radical (unpaired) electrons. The molecule has 4 nitrogen and oxygen atoms in total. The van der Waals surface area contributed by atoms with Crippen molar-refractivity contribution < 1.29 is 13.9 Å². The van der Waals surface area contributed by atoms with Crippen molar-refractivity contribution >= 4 is 22.7 Å². The van der Waals surface area contributed by atoms with Crippen LogP contribution in [0.1, 0.15) is 44.7 Å². The zero-order valence-electron chi connectivity index (χ0n) is 19.1. The van der Waals surface area contributed by atoms with Gasteiger partial charge in [-0.05, 0) is 59.7 Å². The molecule has 0 amide bonds. The van der Waals surface area contributed by atoms with E-state index in [1.807, 2.05) is 42.1 Å². The lowest BCUT2D eigenvalue weighted by Gasteiger charge is -2.41. The summed E-state index contributed by atoms with van der Waals surface area (Å²) < 4.78 is 27.8. The quantitative estimate of drug-likeness (QED) is 0.488. The second-order valence-electron chi connectivity index (χ2n) is 9.41. The zero-order valence-corrected chi connectivity index (χ0v) is 19.9. The molecule has 32 heavy (non-hydrogen) atoms. The molecular weight excluding hydrogens is 425 g/mol. The number of pyridine rings is 1. The highest BCUT2D eigenvalue weighted by Crippen LogP contribution is 2.51. The summed E-state index contributed by atoms with van der Waals surface area (Å²) in [5.41, 5.74) is 2.76. The normalized spacial score (nSPS) is 16.3. The van der Waals surface area contributed by atoms with Crippen LogP contribution in [0, 0.1) is 5.82 Å². The van der Waals surface area contributed by atoms with Crippen molar-refractivity contribution in [3.63, 3.8) is 0 Å². The van der Waals surface area contributed by atoms with Gasteiger partial charge in [0.05, 0.1) is 5.52 Å². The van der Waals surface area contributed by atoms with Crippen LogP contribution in [-0.2, 0) is 23.1 Å². The molecule has 2 heterocycles. The first-order valence-corrected chi connectivity index (χ1v) is 11.8. The Bertz CT molecular complexity index is 1180. The van der Waals surface area contributed by atoms with E-state index in [0.29, 0.717) is 25.6 Å². The highest BCUT2D eigenvalue weighted by molar-refractivity contribution is 8.01. The molecule has 1 saturated heterocycles. The van der Waals surface area contributed by atoms with Crippen molar-refractivity contribution in [1.29, 1.82) is 0 Å². The summed E-state index contributed by atoms with van der Waals surface area (Å²) >= 11 is 1.88. The molecule has 1 aliphatic rings. The Labute approximate surface area is 192 Å². The topological polar surface area (TPSA) is 40.5 Å². The molecule has 1 aliphatic heterocycles. The van der Waals surface area contributed by atoms with Crippen molar-refractivity contribution in [1.82, 2.24) is 4.57 Å². The first-order valence-electron chi connectivity index (χ1n) is 11.0. The molecule has 0 unspecified atom stereocenters. The number of ether oxygens (including phenoxy) is 2. The Balaban J connectivity index is 1.59. The molecule has 0 atom stereocenters. The van der Waals surface area contributed by atoms with Gasteiger partial charge in [0.2, 0.25) is 0 Å². The minimum Gasteiger partial charge on any atom is -0.489 e. The minimum atomic E-state index is -0.286. The molecule has 3 aromatic rings. The van der Waals surface area contributed by atoms with Gasteiger partial charge in [-0.15, -0.1) is 11.8 Å². The molecule has 1 fully saturated rings. The van der Waals surface area contributed by atoms with Crippen molar-refractivity contribution in [3.8, 4) is 5.75 Å². The number of nitrogens with zero attached hydrogens (tertiary/aromatic N) is 1. The van der Waals surface area contributed by atoms with Crippen LogP contribution in [0.5, 0.6) is 5.75 Å². The lowest BCUT2D eigenvalue weighted by Crippen LogP contribution is -2.34. The van der Waals surface area contributed by atoms with Gasteiger partial charge in [-0.25, -0.2) is 4.39 Å². The van der Waals surface area contributed by atoms with Gasteiger partial charge in [-0.2, -0.15) is 0 Å². The average molecular weight is 456 g/mol. The largest absolute Gasteiger partial charge is 0.489 e. The van der Waals surface area contributed by atoms with E-state index in [1.54, 1.807) is 23.7 Å². The Morgan fingerprint density at radius 1 is 1.09 bits per heavy atom. The number of aryl methyl sites for hydroxylation is 1. The highest BCUT2D eigenvalue weighted by Gasteiger charge is 2.39. The summed E-state index contributed by atoms with van der Waals surface area (Å²) in [6, 6.07) is 14.3. The number of benzene rings is 2. The summed E-state index contributed by atoms with van der Waals surface area (Å²) in [5.74, 6) is 0.243. The van der Waals surface area contributed by atoms with Gasteiger partial charge in [0, 0.05) is 41.9 Å². The van der Waals surface area contributed by atoms with Gasteiger partial charge in [0.25, 0.3) is 5.56 Å². The fourth-order valence-electron chi connectivity index (χ4n) is 4.34. The fraction of sp³-hybridized carbons (Fsp3) is 0.423. The third-order valence-electron chi connectivity index (χ3n) is 5.79. The number of hydrogen-bond donors (Lipinski definition) is 0. The second kappa shape index (κ2) is 8.91. The Hall–Kier alpha value is -2.31. The van der Waals surface area contributed by atoms with E-state index >= 15 is 0 Å². The predicted molar refractivity (Wildman–Crippen MR) is 129 cm³/mol. The minimum absolute atomic E-state index is 0.0376. The molecule has 2 aromatic carbocycles. The number of fused-ring (bicyclic) bond motifs is 1. The molecule has 170 valence electrons. The van der Waals surface area contributed by atoms with E-state index < -0.39 is 0 Å². The van der Waals surface area contributed by atoms with Crippen LogP contribution in [0.2, 0.25) is 0 Å². The summed E-state index contributed by atoms with van der Waals surface area (Å²) in [7, 11) is 1.76. The van der Waals surface area contributed by atoms with Crippen molar-refractivity contribution in [2.75, 3.05) is 13.2 Å². The van der Waals surface area contributed by atoms with Crippen LogP contribution in [-0.4, -0.2) is 22.5 Å². The van der Waals surface area contributed by atoms with E-state index in [2.05, 4.69) is 20.8 Å². The Kier molecular flexibility index (Phi) is 6.37. The number of aromatic nitrogens is 1. The molecular formula is C26H30FNO3S. The van der Waals surface area contributed by atoms with Gasteiger partial charge in [0.1, 0.15) is 18.2 Å². The number of thioether (sulfide) groups is 1. The monoisotopic (exact) mass is 455 g/mol. The van der Waals surface area contributed by atoms with Crippen LogP contribution in [0.25, 0.3) is 10.9 Å². The van der Waals surface area contributed by atoms with Gasteiger partial charge in [-0.1, -0.05) is 26.8 Å². The third kappa shape index (κ3) is 5.02. The third-order valence-corrected chi connectivity index (χ3v) is 7.44. The fourth-order valence-corrected chi connectivity index (χ4v) is 6.12. The Morgan fingerprint density at radius 2 is 1.84 bits per heavy atom. The van der Waals surface area contributed by atoms with E-state index in [9.17, 15) is 9.18 Å². The van der Waals surface area contributed by atoms with Crippen LogP contribution in [0.4, 0.5) is 4.39 Å². The molecule has 6 heteroatoms. The van der Waals surface area contributed by atoms with Crippen molar-refractivity contribution in [3.05, 3.63) is 75.8 Å². The van der Waals surface area contributed by atoms with Crippen molar-refractivity contribution in [2.45, 2.75) is 49.7 Å². The molecule has 0 aliphatic carbocycles. The predicted octanol–water partition coefficient (Wildman–Crippen LogP) is 5.79. The SMILES string of the molecule is Cn1c(=O)ccc2cc(COc3cc(F)cc(C4(SC(C)(C)C)CCOCC4)c3)ccc21. The molecule has 0 spiro atoms. The maximum atomic E-state index is 14.6. The molecule has 4 rings (SSSR count). The summed E-state index contributed by atoms with van der Waals surface area (Å²) in [5, 5.41) is 0.968. The van der Waals surface area contributed by atoms with Gasteiger partial charge < -0.3 is 14.0 Å². The van der Waals surface area contributed by atoms with Gasteiger partial charge in [0.15, 0.2) is 0 Å². The van der Waals surface area contributed by atoms with E-state index in [4.69, 9.17) is 9.47 Å². The van der Waals surface area contributed by atoms with Crippen molar-refractivity contribution in [2.24, 2.45) is 7.05 Å². The lowest BCUT2D eigenvalue weighted by molar-refractivity contribution is 0.0764. The van der Waals surface area contributed by atoms with Crippen LogP contribution in [0.3, 0.4) is 0 Å². The van der Waals surface area contributed by atoms with Crippen LogP contribution < -0.4 is 10.3 Å². The number of hydrogen-bond acceptors (Lipinski definition) is 4. The molecule has 1 aromatic heterocycles. The van der Waals surface area contributed by atoms with Crippen LogP contribution in [0.15, 0.2) is 53.3 Å². The van der Waals surface area contributed by atoms with E-state index in [0.717, 1.165) is 34.9 Å². The lowest BCUT2D eigenvalue weighted by atomic mass is 9.90. The van der Waals surface area contributed by atoms with Gasteiger partial charge in [-0.3, -0.25) is 4.79 Å². The summed E-state index contributed by atoms with van der Waals surface area (Å²) in [6.45, 7) is 8.26. The highest BCUT2D eigenvalue weighted by atomic mass is 32.2. The Morgan fingerprint density at radius 3 is 2.56 bits per heavy atom. The second-order valence-corrected chi connectivity index (χ2v) is 11.6. The number of rotatable bonds is 5. The average Bonchev–Trinajstić information content (AvgIpc) is 2.74. The van der Waals surface area contributed by atoms with Gasteiger partial charge >= 0.3 is 0 Å². The van der Waals surface area contributed by atoms with E-state index in [-0.39, 0.29) is 20.9 Å². The zero-order chi connectivity index (χ0) is 22.9. The molecule has 0 N–H and O–H groups in total. The molecule has 0 saturated carbocycles. The standard InChI is InChI=1S/C26H30FNO3S/c1-25(2,3)32-26(9-11-30-12-10-26)20-14-21(27)16-22(15-20)31-17-18-5-7-23-19(13-18)6-8-24(29)28(23)4/h5-8,13-16H,9-12,17H2,1-4H3. The molecule has 0 bridgehead atoms. The maximum absolute atomic E-state index is 14.6. The van der Waals surface area contributed by atoms with E-state index in [1.165, 1.54) is 6.07 Å². The number of halogens is 1.